The van der Waals surface area contributed by atoms with Crippen LogP contribution >= 0.6 is 11.6 Å². The number of H-pyrrole nitrogens is 1. The molecule has 0 saturated carbocycles. The molecule has 0 spiro atoms. The van der Waals surface area contributed by atoms with E-state index in [-0.39, 0.29) is 34.3 Å². The van der Waals surface area contributed by atoms with Gasteiger partial charge in [0.25, 0.3) is 11.5 Å². The highest BCUT2D eigenvalue weighted by Crippen LogP contribution is 2.25. The predicted octanol–water partition coefficient (Wildman–Crippen LogP) is 2.88. The lowest BCUT2D eigenvalue weighted by Gasteiger charge is -2.36. The molecule has 0 aromatic carbocycles. The molecule has 180 valence electrons. The van der Waals surface area contributed by atoms with E-state index in [0.717, 1.165) is 0 Å². The Bertz CT molecular complexity index is 1340. The fourth-order valence-corrected chi connectivity index (χ4v) is 4.44. The Balaban J connectivity index is 1.74. The highest BCUT2D eigenvalue weighted by molar-refractivity contribution is 6.32. The molecular formula is C24H29ClN6O3. The summed E-state index contributed by atoms with van der Waals surface area (Å²) in [4.78, 5) is 54.3. The zero-order valence-corrected chi connectivity index (χ0v) is 20.6. The van der Waals surface area contributed by atoms with Gasteiger partial charge in [0.05, 0.1) is 16.0 Å². The summed E-state index contributed by atoms with van der Waals surface area (Å²) in [5, 5.41) is 0.725. The van der Waals surface area contributed by atoms with Gasteiger partial charge in [-0.2, -0.15) is 0 Å². The lowest BCUT2D eigenvalue weighted by molar-refractivity contribution is 0.0748. The first kappa shape index (κ1) is 23.9. The highest BCUT2D eigenvalue weighted by Gasteiger charge is 2.28. The fourth-order valence-electron chi connectivity index (χ4n) is 4.19. The van der Waals surface area contributed by atoms with Crippen LogP contribution in [0.25, 0.3) is 11.0 Å². The number of carbonyl (C=O) groups is 1. The average molecular weight is 485 g/mol. The summed E-state index contributed by atoms with van der Waals surface area (Å²) in [5.41, 5.74) is 0.0915. The molecule has 0 atom stereocenters. The second-order valence-electron chi connectivity index (χ2n) is 9.30. The van der Waals surface area contributed by atoms with Crippen LogP contribution in [0.1, 0.15) is 49.7 Å². The SMILES string of the molecule is CC(C)Cn1c(=O)[nH]c(=O)c2c(C(=O)N3CCN(c4ncccc4Cl)CC3)cc(C(C)C)nc21. The van der Waals surface area contributed by atoms with Crippen molar-refractivity contribution in [2.45, 2.75) is 40.2 Å². The number of aromatic nitrogens is 4. The number of carbonyl (C=O) groups excluding carboxylic acids is 1. The number of anilines is 1. The molecule has 4 rings (SSSR count). The summed E-state index contributed by atoms with van der Waals surface area (Å²) in [7, 11) is 0. The molecule has 3 aromatic rings. The molecule has 1 amide bonds. The molecular weight excluding hydrogens is 456 g/mol. The van der Waals surface area contributed by atoms with Crippen molar-refractivity contribution < 1.29 is 4.79 Å². The Labute approximate surface area is 202 Å². The Morgan fingerprint density at radius 3 is 2.47 bits per heavy atom. The van der Waals surface area contributed by atoms with Crippen LogP contribution in [0.15, 0.2) is 34.0 Å². The third-order valence-corrected chi connectivity index (χ3v) is 6.24. The molecule has 1 saturated heterocycles. The van der Waals surface area contributed by atoms with Crippen LogP contribution in [0.4, 0.5) is 5.82 Å². The Kier molecular flexibility index (Phi) is 6.74. The van der Waals surface area contributed by atoms with Gasteiger partial charge in [0.1, 0.15) is 5.82 Å². The topological polar surface area (TPSA) is 104 Å². The molecule has 34 heavy (non-hydrogen) atoms. The van der Waals surface area contributed by atoms with Crippen LogP contribution in [0.5, 0.6) is 0 Å². The second-order valence-corrected chi connectivity index (χ2v) is 9.71. The fraction of sp³-hybridized carbons (Fsp3) is 0.458. The predicted molar refractivity (Wildman–Crippen MR) is 133 cm³/mol. The first-order valence-electron chi connectivity index (χ1n) is 11.5. The van der Waals surface area contributed by atoms with Gasteiger partial charge in [0.2, 0.25) is 0 Å². The number of hydrogen-bond donors (Lipinski definition) is 1. The maximum atomic E-state index is 13.7. The maximum Gasteiger partial charge on any atom is 0.330 e. The van der Waals surface area contributed by atoms with E-state index < -0.39 is 11.2 Å². The van der Waals surface area contributed by atoms with Crippen molar-refractivity contribution in [3.63, 3.8) is 0 Å². The zero-order chi connectivity index (χ0) is 24.6. The monoisotopic (exact) mass is 484 g/mol. The Morgan fingerprint density at radius 2 is 1.85 bits per heavy atom. The summed E-state index contributed by atoms with van der Waals surface area (Å²) in [5.74, 6) is 0.617. The van der Waals surface area contributed by atoms with E-state index >= 15 is 0 Å². The van der Waals surface area contributed by atoms with E-state index in [2.05, 4.69) is 15.0 Å². The van der Waals surface area contributed by atoms with E-state index in [4.69, 9.17) is 11.6 Å². The standard InChI is InChI=1S/C24H29ClN6O3/c1-14(2)13-31-21-19(22(32)28-24(31)34)16(12-18(27-21)15(3)4)23(33)30-10-8-29(9-11-30)20-17(25)6-5-7-26-20/h5-7,12,14-15H,8-11,13H2,1-4H3,(H,28,32,34). The number of nitrogens with zero attached hydrogens (tertiary/aromatic N) is 5. The van der Waals surface area contributed by atoms with Crippen LogP contribution in [0.3, 0.4) is 0 Å². The molecule has 10 heteroatoms. The lowest BCUT2D eigenvalue weighted by atomic mass is 10.0. The smallest absolute Gasteiger partial charge is 0.330 e. The summed E-state index contributed by atoms with van der Waals surface area (Å²) in [6, 6.07) is 5.26. The first-order chi connectivity index (χ1) is 16.2. The average Bonchev–Trinajstić information content (AvgIpc) is 2.80. The Hall–Kier alpha value is -3.20. The molecule has 1 N–H and O–H groups in total. The molecule has 1 aliphatic heterocycles. The van der Waals surface area contributed by atoms with E-state index in [1.165, 1.54) is 4.57 Å². The Morgan fingerprint density at radius 1 is 1.15 bits per heavy atom. The number of amides is 1. The second kappa shape index (κ2) is 9.58. The molecule has 0 bridgehead atoms. The normalized spacial score (nSPS) is 14.4. The van der Waals surface area contributed by atoms with Crippen LogP contribution in [0, 0.1) is 5.92 Å². The summed E-state index contributed by atoms with van der Waals surface area (Å²) in [6.45, 7) is 10.3. The van der Waals surface area contributed by atoms with Gasteiger partial charge in [0.15, 0.2) is 5.65 Å². The minimum atomic E-state index is -0.593. The first-order valence-corrected chi connectivity index (χ1v) is 11.9. The molecule has 0 unspecified atom stereocenters. The van der Waals surface area contributed by atoms with Gasteiger partial charge in [-0.1, -0.05) is 39.3 Å². The van der Waals surface area contributed by atoms with Crippen molar-refractivity contribution >= 4 is 34.4 Å². The third-order valence-electron chi connectivity index (χ3n) is 5.94. The van der Waals surface area contributed by atoms with Gasteiger partial charge in [-0.25, -0.2) is 14.8 Å². The van der Waals surface area contributed by atoms with Crippen molar-refractivity contribution in [2.75, 3.05) is 31.1 Å². The number of piperazine rings is 1. The van der Waals surface area contributed by atoms with E-state index in [0.29, 0.717) is 49.3 Å². The maximum absolute atomic E-state index is 13.7. The molecule has 9 nitrogen and oxygen atoms in total. The molecule has 1 fully saturated rings. The van der Waals surface area contributed by atoms with Crippen LogP contribution in [-0.2, 0) is 6.54 Å². The van der Waals surface area contributed by atoms with E-state index in [9.17, 15) is 14.4 Å². The van der Waals surface area contributed by atoms with Crippen molar-refractivity contribution in [3.05, 3.63) is 61.5 Å². The third kappa shape index (κ3) is 4.57. The minimum Gasteiger partial charge on any atom is -0.352 e. The number of halogens is 1. The molecule has 0 radical (unpaired) electrons. The lowest BCUT2D eigenvalue weighted by Crippen LogP contribution is -2.49. The van der Waals surface area contributed by atoms with Crippen LogP contribution < -0.4 is 16.1 Å². The molecule has 1 aliphatic rings. The van der Waals surface area contributed by atoms with Crippen LogP contribution in [-0.4, -0.2) is 56.5 Å². The number of pyridine rings is 2. The molecule has 4 heterocycles. The largest absolute Gasteiger partial charge is 0.352 e. The molecule has 3 aromatic heterocycles. The van der Waals surface area contributed by atoms with Crippen molar-refractivity contribution in [3.8, 4) is 0 Å². The van der Waals surface area contributed by atoms with Gasteiger partial charge in [0, 0.05) is 44.6 Å². The summed E-state index contributed by atoms with van der Waals surface area (Å²) >= 11 is 6.29. The van der Waals surface area contributed by atoms with Gasteiger partial charge in [-0.05, 0) is 30.0 Å². The number of nitrogens with one attached hydrogen (secondary N) is 1. The van der Waals surface area contributed by atoms with Gasteiger partial charge >= 0.3 is 5.69 Å². The summed E-state index contributed by atoms with van der Waals surface area (Å²) in [6.07, 6.45) is 1.69. The van der Waals surface area contributed by atoms with Gasteiger partial charge < -0.3 is 9.80 Å². The van der Waals surface area contributed by atoms with Crippen molar-refractivity contribution in [2.24, 2.45) is 5.92 Å². The number of rotatable bonds is 5. The van der Waals surface area contributed by atoms with E-state index in [1.54, 1.807) is 29.3 Å². The summed E-state index contributed by atoms with van der Waals surface area (Å²) < 4.78 is 1.46. The number of hydrogen-bond acceptors (Lipinski definition) is 6. The van der Waals surface area contributed by atoms with E-state index in [1.807, 2.05) is 32.6 Å². The van der Waals surface area contributed by atoms with Crippen molar-refractivity contribution in [1.29, 1.82) is 0 Å². The van der Waals surface area contributed by atoms with Gasteiger partial charge in [-0.3, -0.25) is 19.1 Å². The van der Waals surface area contributed by atoms with Crippen LogP contribution in [0.2, 0.25) is 5.02 Å². The zero-order valence-electron chi connectivity index (χ0n) is 19.8. The van der Waals surface area contributed by atoms with Crippen molar-refractivity contribution in [1.82, 2.24) is 24.4 Å². The van der Waals surface area contributed by atoms with Gasteiger partial charge in [-0.15, -0.1) is 0 Å². The highest BCUT2D eigenvalue weighted by atomic mass is 35.5. The molecule has 0 aliphatic carbocycles. The number of fused-ring (bicyclic) bond motifs is 1. The minimum absolute atomic E-state index is 0.0148. The number of aromatic amines is 1. The quantitative estimate of drug-likeness (QED) is 0.597.